The van der Waals surface area contributed by atoms with E-state index in [1.807, 2.05) is 53.3 Å². The largest absolute Gasteiger partial charge is 0.380 e. The van der Waals surface area contributed by atoms with E-state index < -0.39 is 0 Å². The van der Waals surface area contributed by atoms with E-state index in [-0.39, 0.29) is 5.56 Å². The molecule has 7 nitrogen and oxygen atoms in total. The standard InChI is InChI=1S/C24H25N5O2/c30-23-22-18(4-3-5-20(22)27-12-8-24(9-13-27)16-31-17-24)14-25-29(23)11-7-19-15-28-10-2-1-6-21(28)26-19/h1-6,10,14-15H,7-9,11-13,16-17H2. The fourth-order valence-corrected chi connectivity index (χ4v) is 4.86. The highest BCUT2D eigenvalue weighted by atomic mass is 16.5. The van der Waals surface area contributed by atoms with Gasteiger partial charge in [-0.1, -0.05) is 18.2 Å². The zero-order valence-electron chi connectivity index (χ0n) is 17.4. The van der Waals surface area contributed by atoms with Gasteiger partial charge in [-0.2, -0.15) is 5.10 Å². The molecule has 0 aliphatic carbocycles. The summed E-state index contributed by atoms with van der Waals surface area (Å²) in [5.41, 5.74) is 3.25. The second-order valence-corrected chi connectivity index (χ2v) is 8.84. The summed E-state index contributed by atoms with van der Waals surface area (Å²) in [6.45, 7) is 4.21. The van der Waals surface area contributed by atoms with E-state index in [9.17, 15) is 4.79 Å². The average Bonchev–Trinajstić information content (AvgIpc) is 3.20. The first-order valence-electron chi connectivity index (χ1n) is 11.0. The number of nitrogens with zero attached hydrogens (tertiary/aromatic N) is 5. The van der Waals surface area contributed by atoms with Crippen molar-refractivity contribution in [3.63, 3.8) is 0 Å². The summed E-state index contributed by atoms with van der Waals surface area (Å²) in [6.07, 6.45) is 8.72. The van der Waals surface area contributed by atoms with Crippen LogP contribution in [0.25, 0.3) is 16.4 Å². The number of imidazole rings is 1. The SMILES string of the molecule is O=c1c2c(N3CCC4(CC3)COC4)cccc2cnn1CCc1cn2ccccc2n1. The average molecular weight is 415 g/mol. The number of anilines is 1. The van der Waals surface area contributed by atoms with Crippen molar-refractivity contribution >= 4 is 22.1 Å². The Kier molecular flexibility index (Phi) is 4.31. The number of hydrogen-bond donors (Lipinski definition) is 0. The van der Waals surface area contributed by atoms with Crippen LogP contribution in [-0.2, 0) is 17.7 Å². The summed E-state index contributed by atoms with van der Waals surface area (Å²) in [7, 11) is 0. The summed E-state index contributed by atoms with van der Waals surface area (Å²) in [4.78, 5) is 20.4. The van der Waals surface area contributed by atoms with Gasteiger partial charge in [0.25, 0.3) is 5.56 Å². The maximum Gasteiger partial charge on any atom is 0.276 e. The smallest absolute Gasteiger partial charge is 0.276 e. The first kappa shape index (κ1) is 18.6. The molecule has 4 aromatic rings. The third kappa shape index (κ3) is 3.20. The van der Waals surface area contributed by atoms with Gasteiger partial charge < -0.3 is 14.0 Å². The molecule has 0 N–H and O–H groups in total. The van der Waals surface area contributed by atoms with Gasteiger partial charge in [-0.05, 0) is 31.0 Å². The third-order valence-electron chi connectivity index (χ3n) is 6.83. The lowest BCUT2D eigenvalue weighted by atomic mass is 9.76. The Balaban J connectivity index is 1.28. The number of piperidine rings is 1. The summed E-state index contributed by atoms with van der Waals surface area (Å²) in [5.74, 6) is 0. The van der Waals surface area contributed by atoms with E-state index in [0.717, 1.165) is 66.9 Å². The van der Waals surface area contributed by atoms with E-state index in [1.54, 1.807) is 4.68 Å². The van der Waals surface area contributed by atoms with E-state index in [0.29, 0.717) is 18.4 Å². The monoisotopic (exact) mass is 415 g/mol. The van der Waals surface area contributed by atoms with Gasteiger partial charge in [-0.25, -0.2) is 9.67 Å². The second kappa shape index (κ2) is 7.20. The van der Waals surface area contributed by atoms with Crippen molar-refractivity contribution in [1.29, 1.82) is 0 Å². The fraction of sp³-hybridized carbons (Fsp3) is 0.375. The number of fused-ring (bicyclic) bond motifs is 2. The van der Waals surface area contributed by atoms with Crippen molar-refractivity contribution in [3.8, 4) is 0 Å². The quantitative estimate of drug-likeness (QED) is 0.513. The van der Waals surface area contributed by atoms with Crippen molar-refractivity contribution in [1.82, 2.24) is 19.2 Å². The molecule has 1 spiro atoms. The summed E-state index contributed by atoms with van der Waals surface area (Å²) in [6, 6.07) is 12.0. The van der Waals surface area contributed by atoms with Crippen LogP contribution in [0.3, 0.4) is 0 Å². The van der Waals surface area contributed by atoms with Crippen molar-refractivity contribution in [3.05, 3.63) is 71.0 Å². The topological polar surface area (TPSA) is 64.7 Å². The Morgan fingerprint density at radius 1 is 1.06 bits per heavy atom. The number of rotatable bonds is 4. The maximum atomic E-state index is 13.4. The van der Waals surface area contributed by atoms with Crippen molar-refractivity contribution < 1.29 is 4.74 Å². The number of aromatic nitrogens is 4. The van der Waals surface area contributed by atoms with Gasteiger partial charge >= 0.3 is 0 Å². The van der Waals surface area contributed by atoms with Gasteiger partial charge in [0, 0.05) is 42.7 Å². The minimum absolute atomic E-state index is 0.0240. The van der Waals surface area contributed by atoms with Crippen LogP contribution in [0.1, 0.15) is 18.5 Å². The molecule has 2 aliphatic rings. The highest BCUT2D eigenvalue weighted by Gasteiger charge is 2.41. The van der Waals surface area contributed by atoms with Gasteiger partial charge in [0.2, 0.25) is 0 Å². The molecule has 0 bridgehead atoms. The lowest BCUT2D eigenvalue weighted by Gasteiger charge is -2.48. The molecule has 0 unspecified atom stereocenters. The van der Waals surface area contributed by atoms with Crippen molar-refractivity contribution in [2.24, 2.45) is 5.41 Å². The highest BCUT2D eigenvalue weighted by molar-refractivity contribution is 5.93. The summed E-state index contributed by atoms with van der Waals surface area (Å²) >= 11 is 0. The maximum absolute atomic E-state index is 13.4. The summed E-state index contributed by atoms with van der Waals surface area (Å²) in [5, 5.41) is 6.11. The molecule has 2 saturated heterocycles. The number of pyridine rings is 1. The molecular weight excluding hydrogens is 390 g/mol. The zero-order chi connectivity index (χ0) is 20.8. The molecule has 6 rings (SSSR count). The van der Waals surface area contributed by atoms with Gasteiger partial charge in [0.05, 0.1) is 42.7 Å². The number of ether oxygens (including phenoxy) is 1. The Morgan fingerprint density at radius 2 is 1.94 bits per heavy atom. The second-order valence-electron chi connectivity index (χ2n) is 8.84. The molecule has 0 atom stereocenters. The van der Waals surface area contributed by atoms with Gasteiger partial charge in [0.1, 0.15) is 5.65 Å². The Bertz CT molecular complexity index is 1280. The van der Waals surface area contributed by atoms with Crippen LogP contribution in [0, 0.1) is 5.41 Å². The molecule has 5 heterocycles. The highest BCUT2D eigenvalue weighted by Crippen LogP contribution is 2.40. The van der Waals surface area contributed by atoms with Crippen LogP contribution in [0.5, 0.6) is 0 Å². The first-order chi connectivity index (χ1) is 15.2. The van der Waals surface area contributed by atoms with E-state index in [4.69, 9.17) is 4.74 Å². The van der Waals surface area contributed by atoms with Gasteiger partial charge in [-0.3, -0.25) is 4.79 Å². The molecular formula is C24H25N5O2. The molecule has 3 aromatic heterocycles. The summed E-state index contributed by atoms with van der Waals surface area (Å²) < 4.78 is 9.04. The Labute approximate surface area is 179 Å². The number of aryl methyl sites for hydroxylation is 2. The van der Waals surface area contributed by atoms with Crippen LogP contribution in [-0.4, -0.2) is 45.5 Å². The number of hydrogen-bond acceptors (Lipinski definition) is 5. The van der Waals surface area contributed by atoms with Crippen molar-refractivity contribution in [2.45, 2.75) is 25.8 Å². The molecule has 1 aromatic carbocycles. The molecule has 158 valence electrons. The molecule has 0 saturated carbocycles. The molecule has 0 radical (unpaired) electrons. The van der Waals surface area contributed by atoms with Crippen LogP contribution < -0.4 is 10.5 Å². The van der Waals surface area contributed by atoms with E-state index in [2.05, 4.69) is 21.0 Å². The predicted octanol–water partition coefficient (Wildman–Crippen LogP) is 2.90. The van der Waals surface area contributed by atoms with Crippen LogP contribution in [0.4, 0.5) is 5.69 Å². The Hall–Kier alpha value is -3.19. The van der Waals surface area contributed by atoms with Crippen LogP contribution in [0.15, 0.2) is 59.8 Å². The molecule has 0 amide bonds. The third-order valence-corrected chi connectivity index (χ3v) is 6.83. The fourth-order valence-electron chi connectivity index (χ4n) is 4.86. The molecule has 2 fully saturated rings. The van der Waals surface area contributed by atoms with Gasteiger partial charge in [-0.15, -0.1) is 0 Å². The normalized spacial score (nSPS) is 18.0. The zero-order valence-corrected chi connectivity index (χ0v) is 17.4. The molecule has 31 heavy (non-hydrogen) atoms. The lowest BCUT2D eigenvalue weighted by molar-refractivity contribution is -0.124. The van der Waals surface area contributed by atoms with Crippen LogP contribution in [0.2, 0.25) is 0 Å². The first-order valence-corrected chi connectivity index (χ1v) is 11.0. The lowest BCUT2D eigenvalue weighted by Crippen LogP contribution is -2.51. The van der Waals surface area contributed by atoms with Crippen molar-refractivity contribution in [2.75, 3.05) is 31.2 Å². The molecule has 7 heteroatoms. The van der Waals surface area contributed by atoms with Gasteiger partial charge in [0.15, 0.2) is 0 Å². The van der Waals surface area contributed by atoms with Crippen LogP contribution >= 0.6 is 0 Å². The number of benzene rings is 1. The van der Waals surface area contributed by atoms with E-state index >= 15 is 0 Å². The predicted molar refractivity (Wildman–Crippen MR) is 120 cm³/mol. The Morgan fingerprint density at radius 3 is 2.71 bits per heavy atom. The molecule has 2 aliphatic heterocycles. The minimum atomic E-state index is -0.0240. The minimum Gasteiger partial charge on any atom is -0.380 e. The van der Waals surface area contributed by atoms with E-state index in [1.165, 1.54) is 0 Å².